The van der Waals surface area contributed by atoms with Gasteiger partial charge in [0.15, 0.2) is 0 Å². The minimum Gasteiger partial charge on any atom is -0.492 e. The van der Waals surface area contributed by atoms with E-state index in [1.165, 1.54) is 0 Å². The summed E-state index contributed by atoms with van der Waals surface area (Å²) in [6.07, 6.45) is 5.62. The van der Waals surface area contributed by atoms with Gasteiger partial charge >= 0.3 is 0 Å². The molecule has 1 aliphatic heterocycles. The van der Waals surface area contributed by atoms with E-state index >= 15 is 0 Å². The van der Waals surface area contributed by atoms with E-state index < -0.39 is 0 Å². The van der Waals surface area contributed by atoms with Crippen LogP contribution in [0.25, 0.3) is 0 Å². The first kappa shape index (κ1) is 14.8. The SMILES string of the molecule is c1ccc(OCCN2CCC(Nc3ccncn3)CC2)cc1. The molecule has 5 nitrogen and oxygen atoms in total. The summed E-state index contributed by atoms with van der Waals surface area (Å²) in [6, 6.07) is 12.4. The molecule has 0 aliphatic carbocycles. The predicted octanol–water partition coefficient (Wildman–Crippen LogP) is 2.43. The third-order valence-electron chi connectivity index (χ3n) is 3.94. The van der Waals surface area contributed by atoms with Crippen LogP contribution >= 0.6 is 0 Å². The summed E-state index contributed by atoms with van der Waals surface area (Å²) in [6.45, 7) is 3.92. The number of aromatic nitrogens is 2. The minimum atomic E-state index is 0.501. The Morgan fingerprint density at radius 1 is 1.14 bits per heavy atom. The minimum absolute atomic E-state index is 0.501. The summed E-state index contributed by atoms with van der Waals surface area (Å²) in [4.78, 5) is 10.6. The molecule has 1 N–H and O–H groups in total. The number of anilines is 1. The van der Waals surface area contributed by atoms with Crippen LogP contribution in [0.5, 0.6) is 5.75 Å². The zero-order chi connectivity index (χ0) is 15.0. The Hall–Kier alpha value is -2.14. The van der Waals surface area contributed by atoms with Gasteiger partial charge in [0.1, 0.15) is 24.5 Å². The van der Waals surface area contributed by atoms with Gasteiger partial charge in [-0.2, -0.15) is 0 Å². The van der Waals surface area contributed by atoms with Gasteiger partial charge in [-0.25, -0.2) is 9.97 Å². The molecule has 1 saturated heterocycles. The third-order valence-corrected chi connectivity index (χ3v) is 3.94. The topological polar surface area (TPSA) is 50.3 Å². The van der Waals surface area contributed by atoms with Gasteiger partial charge in [0.2, 0.25) is 0 Å². The summed E-state index contributed by atoms with van der Waals surface area (Å²) in [5.41, 5.74) is 0. The summed E-state index contributed by atoms with van der Waals surface area (Å²) in [7, 11) is 0. The summed E-state index contributed by atoms with van der Waals surface area (Å²) < 4.78 is 5.76. The van der Waals surface area contributed by atoms with Gasteiger partial charge in [0.25, 0.3) is 0 Å². The lowest BCUT2D eigenvalue weighted by Gasteiger charge is -2.32. The predicted molar refractivity (Wildman–Crippen MR) is 87.1 cm³/mol. The molecule has 0 amide bonds. The molecule has 0 saturated carbocycles. The largest absolute Gasteiger partial charge is 0.492 e. The molecule has 116 valence electrons. The third kappa shape index (κ3) is 4.43. The van der Waals surface area contributed by atoms with Crippen molar-refractivity contribution in [2.45, 2.75) is 18.9 Å². The fourth-order valence-corrected chi connectivity index (χ4v) is 2.70. The van der Waals surface area contributed by atoms with Crippen molar-refractivity contribution in [2.24, 2.45) is 0 Å². The number of benzene rings is 1. The van der Waals surface area contributed by atoms with Crippen molar-refractivity contribution < 1.29 is 4.74 Å². The van der Waals surface area contributed by atoms with Crippen molar-refractivity contribution in [3.8, 4) is 5.75 Å². The second-order valence-electron chi connectivity index (χ2n) is 5.52. The lowest BCUT2D eigenvalue weighted by Crippen LogP contribution is -2.40. The Labute approximate surface area is 131 Å². The Morgan fingerprint density at radius 3 is 2.68 bits per heavy atom. The summed E-state index contributed by atoms with van der Waals surface area (Å²) >= 11 is 0. The number of ether oxygens (including phenoxy) is 1. The maximum atomic E-state index is 5.76. The van der Waals surface area contributed by atoms with Gasteiger partial charge in [-0.15, -0.1) is 0 Å². The van der Waals surface area contributed by atoms with Crippen LogP contribution in [-0.4, -0.2) is 47.2 Å². The van der Waals surface area contributed by atoms with Crippen molar-refractivity contribution >= 4 is 5.82 Å². The van der Waals surface area contributed by atoms with Crippen LogP contribution in [-0.2, 0) is 0 Å². The first-order valence-corrected chi connectivity index (χ1v) is 7.83. The van der Waals surface area contributed by atoms with E-state index in [9.17, 15) is 0 Å². The standard InChI is InChI=1S/C17H22N4O/c1-2-4-16(5-3-1)22-13-12-21-10-7-15(8-11-21)20-17-6-9-18-14-19-17/h1-6,9,14-15H,7-8,10-13H2,(H,18,19,20). The zero-order valence-corrected chi connectivity index (χ0v) is 12.7. The zero-order valence-electron chi connectivity index (χ0n) is 12.7. The average molecular weight is 298 g/mol. The van der Waals surface area contributed by atoms with E-state index in [0.29, 0.717) is 6.04 Å². The van der Waals surface area contributed by atoms with E-state index in [2.05, 4.69) is 20.2 Å². The van der Waals surface area contributed by atoms with Crippen molar-refractivity contribution in [2.75, 3.05) is 31.6 Å². The lowest BCUT2D eigenvalue weighted by molar-refractivity contribution is 0.177. The monoisotopic (exact) mass is 298 g/mol. The highest BCUT2D eigenvalue weighted by atomic mass is 16.5. The van der Waals surface area contributed by atoms with Crippen molar-refractivity contribution in [3.63, 3.8) is 0 Å². The smallest absolute Gasteiger partial charge is 0.129 e. The number of para-hydroxylation sites is 1. The van der Waals surface area contributed by atoms with Crippen LogP contribution in [0.3, 0.4) is 0 Å². The maximum Gasteiger partial charge on any atom is 0.129 e. The van der Waals surface area contributed by atoms with Gasteiger partial charge in [-0.05, 0) is 31.0 Å². The normalized spacial score (nSPS) is 16.4. The molecule has 1 aromatic heterocycles. The number of hydrogen-bond acceptors (Lipinski definition) is 5. The highest BCUT2D eigenvalue weighted by Crippen LogP contribution is 2.15. The molecule has 2 heterocycles. The van der Waals surface area contributed by atoms with Gasteiger partial charge < -0.3 is 10.1 Å². The Balaban J connectivity index is 1.35. The molecule has 0 spiro atoms. The average Bonchev–Trinajstić information content (AvgIpc) is 2.58. The molecule has 1 aromatic carbocycles. The number of piperidine rings is 1. The van der Waals surface area contributed by atoms with Crippen molar-refractivity contribution in [1.29, 1.82) is 0 Å². The molecule has 5 heteroatoms. The van der Waals surface area contributed by atoms with E-state index in [0.717, 1.165) is 50.7 Å². The van der Waals surface area contributed by atoms with E-state index in [4.69, 9.17) is 4.74 Å². The fourth-order valence-electron chi connectivity index (χ4n) is 2.70. The van der Waals surface area contributed by atoms with E-state index in [1.807, 2.05) is 36.4 Å². The highest BCUT2D eigenvalue weighted by Gasteiger charge is 2.19. The fraction of sp³-hybridized carbons (Fsp3) is 0.412. The second-order valence-corrected chi connectivity index (χ2v) is 5.52. The van der Waals surface area contributed by atoms with E-state index in [1.54, 1.807) is 12.5 Å². The molecule has 1 fully saturated rings. The van der Waals surface area contributed by atoms with Gasteiger partial charge in [-0.1, -0.05) is 18.2 Å². The number of likely N-dealkylation sites (tertiary alicyclic amines) is 1. The molecule has 22 heavy (non-hydrogen) atoms. The molecule has 0 atom stereocenters. The van der Waals surface area contributed by atoms with Gasteiger partial charge in [0.05, 0.1) is 0 Å². The number of hydrogen-bond donors (Lipinski definition) is 1. The van der Waals surface area contributed by atoms with Crippen LogP contribution in [0.1, 0.15) is 12.8 Å². The Bertz CT molecular complexity index is 541. The number of rotatable bonds is 6. The quantitative estimate of drug-likeness (QED) is 0.887. The van der Waals surface area contributed by atoms with Crippen LogP contribution in [0, 0.1) is 0 Å². The van der Waals surface area contributed by atoms with Crippen LogP contribution in [0.15, 0.2) is 48.9 Å². The van der Waals surface area contributed by atoms with Crippen LogP contribution < -0.4 is 10.1 Å². The second kappa shape index (κ2) is 7.75. The Kier molecular flexibility index (Phi) is 5.21. The first-order chi connectivity index (χ1) is 10.9. The van der Waals surface area contributed by atoms with E-state index in [-0.39, 0.29) is 0 Å². The lowest BCUT2D eigenvalue weighted by atomic mass is 10.1. The van der Waals surface area contributed by atoms with Crippen molar-refractivity contribution in [3.05, 3.63) is 48.9 Å². The first-order valence-electron chi connectivity index (χ1n) is 7.83. The highest BCUT2D eigenvalue weighted by molar-refractivity contribution is 5.33. The molecule has 1 aliphatic rings. The molecule has 0 radical (unpaired) electrons. The van der Waals surface area contributed by atoms with Gasteiger partial charge in [0, 0.05) is 31.9 Å². The number of nitrogens with zero attached hydrogens (tertiary/aromatic N) is 3. The maximum absolute atomic E-state index is 5.76. The molecule has 2 aromatic rings. The molecule has 0 unspecified atom stereocenters. The molecule has 3 rings (SSSR count). The molecule has 0 bridgehead atoms. The molecular formula is C17H22N4O. The van der Waals surface area contributed by atoms with Crippen molar-refractivity contribution in [1.82, 2.24) is 14.9 Å². The van der Waals surface area contributed by atoms with Gasteiger partial charge in [-0.3, -0.25) is 4.90 Å². The molecular weight excluding hydrogens is 276 g/mol. The van der Waals surface area contributed by atoms with Crippen LogP contribution in [0.2, 0.25) is 0 Å². The summed E-state index contributed by atoms with van der Waals surface area (Å²) in [5.74, 6) is 1.86. The van der Waals surface area contributed by atoms with Crippen LogP contribution in [0.4, 0.5) is 5.82 Å². The Morgan fingerprint density at radius 2 is 1.95 bits per heavy atom. The number of nitrogens with one attached hydrogen (secondary N) is 1. The summed E-state index contributed by atoms with van der Waals surface area (Å²) in [5, 5.41) is 3.47.